The molecule has 3 aromatic rings. The van der Waals surface area contributed by atoms with Crippen LogP contribution in [0.3, 0.4) is 0 Å². The zero-order chi connectivity index (χ0) is 16.9. The van der Waals surface area contributed by atoms with Gasteiger partial charge in [0.25, 0.3) is 0 Å². The van der Waals surface area contributed by atoms with Crippen molar-refractivity contribution in [3.63, 3.8) is 0 Å². The van der Waals surface area contributed by atoms with Crippen LogP contribution >= 0.6 is 0 Å². The molecule has 0 amide bonds. The molecule has 0 spiro atoms. The van der Waals surface area contributed by atoms with Crippen LogP contribution < -0.4 is 10.6 Å². The summed E-state index contributed by atoms with van der Waals surface area (Å²) in [7, 11) is 0. The van der Waals surface area contributed by atoms with Gasteiger partial charge in [0.2, 0.25) is 5.95 Å². The van der Waals surface area contributed by atoms with Gasteiger partial charge < -0.3 is 10.6 Å². The highest BCUT2D eigenvalue weighted by Crippen LogP contribution is 2.26. The lowest BCUT2D eigenvalue weighted by Crippen LogP contribution is -2.04. The van der Waals surface area contributed by atoms with Crippen molar-refractivity contribution < 1.29 is 4.39 Å². The predicted molar refractivity (Wildman–Crippen MR) is 93.3 cm³/mol. The van der Waals surface area contributed by atoms with E-state index in [0.717, 1.165) is 5.69 Å². The zero-order valence-corrected chi connectivity index (χ0v) is 13.5. The molecule has 1 aromatic heterocycles. The third-order valence-electron chi connectivity index (χ3n) is 3.50. The number of aromatic nitrogens is 3. The minimum atomic E-state index is -0.291. The van der Waals surface area contributed by atoms with Crippen molar-refractivity contribution in [1.29, 1.82) is 0 Å². The van der Waals surface area contributed by atoms with Gasteiger partial charge >= 0.3 is 0 Å². The number of anilines is 4. The Bertz CT molecular complexity index is 818. The van der Waals surface area contributed by atoms with E-state index in [1.807, 2.05) is 18.2 Å². The molecule has 2 N–H and O–H groups in total. The maximum atomic E-state index is 13.0. The lowest BCUT2D eigenvalue weighted by atomic mass is 10.0. The summed E-state index contributed by atoms with van der Waals surface area (Å²) in [5.41, 5.74) is 2.88. The molecule has 0 unspecified atom stereocenters. The minimum Gasteiger partial charge on any atom is -0.339 e. The number of hydrogen-bond acceptors (Lipinski definition) is 5. The van der Waals surface area contributed by atoms with E-state index in [1.165, 1.54) is 17.7 Å². The highest BCUT2D eigenvalue weighted by Gasteiger charge is 2.08. The topological polar surface area (TPSA) is 62.7 Å². The predicted octanol–water partition coefficient (Wildman–Crippen LogP) is 4.62. The molecule has 0 atom stereocenters. The van der Waals surface area contributed by atoms with Crippen molar-refractivity contribution in [3.05, 3.63) is 66.1 Å². The summed E-state index contributed by atoms with van der Waals surface area (Å²) in [6.07, 6.45) is 1.56. The van der Waals surface area contributed by atoms with E-state index in [2.05, 4.69) is 45.7 Å². The van der Waals surface area contributed by atoms with Crippen LogP contribution in [0.2, 0.25) is 0 Å². The Balaban J connectivity index is 1.80. The SMILES string of the molecule is CC(C)c1ccccc1Nc1cnnc(Nc2ccc(F)cc2)n1. The van der Waals surface area contributed by atoms with E-state index >= 15 is 0 Å². The number of hydrogen-bond donors (Lipinski definition) is 2. The first-order valence-corrected chi connectivity index (χ1v) is 7.70. The van der Waals surface area contributed by atoms with E-state index in [9.17, 15) is 4.39 Å². The smallest absolute Gasteiger partial charge is 0.249 e. The van der Waals surface area contributed by atoms with Crippen molar-refractivity contribution in [3.8, 4) is 0 Å². The molecule has 0 saturated heterocycles. The first-order chi connectivity index (χ1) is 11.6. The summed E-state index contributed by atoms with van der Waals surface area (Å²) in [4.78, 5) is 4.40. The molecule has 2 aromatic carbocycles. The molecule has 0 radical (unpaired) electrons. The summed E-state index contributed by atoms with van der Waals surface area (Å²) < 4.78 is 13.0. The Morgan fingerprint density at radius 2 is 1.71 bits per heavy atom. The minimum absolute atomic E-state index is 0.291. The number of nitrogens with one attached hydrogen (secondary N) is 2. The molecule has 0 saturated carbocycles. The largest absolute Gasteiger partial charge is 0.339 e. The normalized spacial score (nSPS) is 10.7. The molecule has 24 heavy (non-hydrogen) atoms. The molecule has 122 valence electrons. The van der Waals surface area contributed by atoms with Crippen LogP contribution in [-0.4, -0.2) is 15.2 Å². The van der Waals surface area contributed by atoms with Gasteiger partial charge in [-0.25, -0.2) is 4.39 Å². The Hall–Kier alpha value is -3.02. The molecule has 3 rings (SSSR count). The molecular formula is C18H18FN5. The lowest BCUT2D eigenvalue weighted by Gasteiger charge is -2.14. The number of nitrogens with zero attached hydrogens (tertiary/aromatic N) is 3. The summed E-state index contributed by atoms with van der Waals surface area (Å²) in [5.74, 6) is 1.02. The van der Waals surface area contributed by atoms with Crippen molar-refractivity contribution in [1.82, 2.24) is 15.2 Å². The van der Waals surface area contributed by atoms with Gasteiger partial charge in [0.15, 0.2) is 5.82 Å². The first-order valence-electron chi connectivity index (χ1n) is 7.70. The summed E-state index contributed by atoms with van der Waals surface area (Å²) >= 11 is 0. The molecule has 0 bridgehead atoms. The number of halogens is 1. The Morgan fingerprint density at radius 3 is 2.46 bits per heavy atom. The van der Waals surface area contributed by atoms with E-state index < -0.39 is 0 Å². The van der Waals surface area contributed by atoms with Gasteiger partial charge in [-0.2, -0.15) is 10.1 Å². The highest BCUT2D eigenvalue weighted by molar-refractivity contribution is 5.62. The van der Waals surface area contributed by atoms with Crippen LogP contribution in [0.15, 0.2) is 54.7 Å². The lowest BCUT2D eigenvalue weighted by molar-refractivity contribution is 0.628. The molecule has 0 aliphatic heterocycles. The van der Waals surface area contributed by atoms with E-state index in [1.54, 1.807) is 18.3 Å². The molecule has 0 aliphatic rings. The second-order valence-electron chi connectivity index (χ2n) is 5.66. The quantitative estimate of drug-likeness (QED) is 0.717. The summed E-state index contributed by atoms with van der Waals surface area (Å²) in [6.45, 7) is 4.28. The summed E-state index contributed by atoms with van der Waals surface area (Å²) in [5, 5.41) is 14.2. The van der Waals surface area contributed by atoms with Crippen molar-refractivity contribution in [2.24, 2.45) is 0 Å². The number of benzene rings is 2. The van der Waals surface area contributed by atoms with Crippen molar-refractivity contribution in [2.75, 3.05) is 10.6 Å². The van der Waals surface area contributed by atoms with Gasteiger partial charge in [0, 0.05) is 11.4 Å². The monoisotopic (exact) mass is 323 g/mol. The second-order valence-corrected chi connectivity index (χ2v) is 5.66. The zero-order valence-electron chi connectivity index (χ0n) is 13.5. The molecule has 5 nitrogen and oxygen atoms in total. The highest BCUT2D eigenvalue weighted by atomic mass is 19.1. The van der Waals surface area contributed by atoms with Gasteiger partial charge in [-0.15, -0.1) is 5.10 Å². The molecular weight excluding hydrogens is 305 g/mol. The fourth-order valence-corrected chi connectivity index (χ4v) is 2.33. The fourth-order valence-electron chi connectivity index (χ4n) is 2.33. The first kappa shape index (κ1) is 15.9. The Kier molecular flexibility index (Phi) is 4.65. The van der Waals surface area contributed by atoms with Crippen molar-refractivity contribution in [2.45, 2.75) is 19.8 Å². The van der Waals surface area contributed by atoms with E-state index in [-0.39, 0.29) is 5.82 Å². The average Bonchev–Trinajstić information content (AvgIpc) is 2.58. The standard InChI is InChI=1S/C18H18FN5/c1-12(2)15-5-3-4-6-16(15)22-17-11-20-24-18(23-17)21-14-9-7-13(19)8-10-14/h3-12H,1-2H3,(H2,21,22,23,24). The van der Waals surface area contributed by atoms with Crippen LogP contribution in [0.5, 0.6) is 0 Å². The van der Waals surface area contributed by atoms with Crippen LogP contribution in [0, 0.1) is 5.82 Å². The Labute approximate surface area is 140 Å². The maximum absolute atomic E-state index is 13.0. The molecule has 6 heteroatoms. The maximum Gasteiger partial charge on any atom is 0.249 e. The van der Waals surface area contributed by atoms with Crippen LogP contribution in [0.1, 0.15) is 25.3 Å². The van der Waals surface area contributed by atoms with E-state index in [0.29, 0.717) is 23.4 Å². The third kappa shape index (κ3) is 3.84. The van der Waals surface area contributed by atoms with Gasteiger partial charge in [-0.05, 0) is 41.8 Å². The van der Waals surface area contributed by atoms with E-state index in [4.69, 9.17) is 0 Å². The molecule has 0 aliphatic carbocycles. The average molecular weight is 323 g/mol. The third-order valence-corrected chi connectivity index (χ3v) is 3.50. The van der Waals surface area contributed by atoms with Gasteiger partial charge in [-0.1, -0.05) is 32.0 Å². The fraction of sp³-hybridized carbons (Fsp3) is 0.167. The second kappa shape index (κ2) is 7.04. The Morgan fingerprint density at radius 1 is 0.958 bits per heavy atom. The molecule has 0 fully saturated rings. The van der Waals surface area contributed by atoms with Gasteiger partial charge in [0.05, 0.1) is 6.20 Å². The van der Waals surface area contributed by atoms with Gasteiger partial charge in [-0.3, -0.25) is 0 Å². The van der Waals surface area contributed by atoms with Crippen LogP contribution in [0.4, 0.5) is 27.5 Å². The molecule has 1 heterocycles. The number of para-hydroxylation sites is 1. The van der Waals surface area contributed by atoms with Crippen molar-refractivity contribution >= 4 is 23.1 Å². The van der Waals surface area contributed by atoms with Crippen LogP contribution in [-0.2, 0) is 0 Å². The van der Waals surface area contributed by atoms with Gasteiger partial charge in [0.1, 0.15) is 5.82 Å². The summed E-state index contributed by atoms with van der Waals surface area (Å²) in [6, 6.07) is 14.1. The van der Waals surface area contributed by atoms with Crippen LogP contribution in [0.25, 0.3) is 0 Å². The number of rotatable bonds is 5.